The molecule has 0 bridgehead atoms. The Balaban J connectivity index is 2.09. The molecule has 0 aromatic heterocycles. The molecule has 0 saturated heterocycles. The molecule has 8 heteroatoms. The Labute approximate surface area is 161 Å². The third-order valence-electron chi connectivity index (χ3n) is 4.09. The van der Waals surface area contributed by atoms with Gasteiger partial charge in [-0.05, 0) is 47.2 Å². The van der Waals surface area contributed by atoms with Crippen LogP contribution in [0.5, 0.6) is 0 Å². The van der Waals surface area contributed by atoms with Gasteiger partial charge in [0, 0.05) is 3.57 Å². The molecule has 3 rings (SSSR count). The van der Waals surface area contributed by atoms with Crippen molar-refractivity contribution >= 4 is 34.2 Å². The van der Waals surface area contributed by atoms with E-state index in [0.29, 0.717) is 9.13 Å². The predicted octanol–water partition coefficient (Wildman–Crippen LogP) is 4.10. The number of amides is 1. The number of carbonyl (C=O) groups is 1. The minimum absolute atomic E-state index is 0.00724. The Morgan fingerprint density at radius 3 is 2.54 bits per heavy atom. The van der Waals surface area contributed by atoms with Crippen LogP contribution in [0.4, 0.5) is 13.2 Å². The van der Waals surface area contributed by atoms with E-state index < -0.39 is 24.2 Å². The van der Waals surface area contributed by atoms with Gasteiger partial charge in [0.25, 0.3) is 11.6 Å². The maximum atomic E-state index is 13.6. The number of hydrogen-bond acceptors (Lipinski definition) is 3. The van der Waals surface area contributed by atoms with Gasteiger partial charge in [0.1, 0.15) is 0 Å². The summed E-state index contributed by atoms with van der Waals surface area (Å²) in [5, 5.41) is 14.4. The van der Waals surface area contributed by atoms with E-state index in [4.69, 9.17) is 0 Å². The van der Waals surface area contributed by atoms with Crippen LogP contribution >= 0.6 is 22.6 Å². The van der Waals surface area contributed by atoms with Gasteiger partial charge in [-0.25, -0.2) is 0 Å². The molecule has 0 saturated carbocycles. The summed E-state index contributed by atoms with van der Waals surface area (Å²) < 4.78 is 41.3. The van der Waals surface area contributed by atoms with Crippen molar-refractivity contribution < 1.29 is 23.1 Å². The monoisotopic (exact) mass is 474 g/mol. The molecule has 0 fully saturated rings. The summed E-state index contributed by atoms with van der Waals surface area (Å²) in [6.45, 7) is 1.80. The van der Waals surface area contributed by atoms with Crippen molar-refractivity contribution in [2.45, 2.75) is 25.2 Å². The smallest absolute Gasteiger partial charge is 0.362 e. The topological polar surface area (TPSA) is 52.9 Å². The quantitative estimate of drug-likeness (QED) is 0.667. The number of alkyl halides is 3. The highest BCUT2D eigenvalue weighted by atomic mass is 127. The van der Waals surface area contributed by atoms with Crippen molar-refractivity contribution in [1.82, 2.24) is 5.01 Å². The van der Waals surface area contributed by atoms with Crippen LogP contribution in [-0.4, -0.2) is 33.6 Å². The van der Waals surface area contributed by atoms with Gasteiger partial charge in [0.2, 0.25) is 0 Å². The maximum absolute atomic E-state index is 13.6. The minimum atomic E-state index is -5.06. The van der Waals surface area contributed by atoms with Crippen LogP contribution in [0.1, 0.15) is 27.9 Å². The summed E-state index contributed by atoms with van der Waals surface area (Å²) in [4.78, 5) is 12.7. The molecule has 0 aliphatic carbocycles. The van der Waals surface area contributed by atoms with Crippen LogP contribution in [0.2, 0.25) is 0 Å². The van der Waals surface area contributed by atoms with Gasteiger partial charge < -0.3 is 5.11 Å². The molecule has 0 spiro atoms. The first-order chi connectivity index (χ1) is 12.1. The van der Waals surface area contributed by atoms with Crippen LogP contribution in [0.25, 0.3) is 0 Å². The zero-order valence-electron chi connectivity index (χ0n) is 13.6. The molecule has 136 valence electrons. The Bertz CT molecular complexity index is 898. The second-order valence-electron chi connectivity index (χ2n) is 6.00. The van der Waals surface area contributed by atoms with E-state index in [9.17, 15) is 23.1 Å². The van der Waals surface area contributed by atoms with E-state index in [0.717, 1.165) is 5.56 Å². The maximum Gasteiger partial charge on any atom is 0.438 e. The lowest BCUT2D eigenvalue weighted by atomic mass is 9.99. The second-order valence-corrected chi connectivity index (χ2v) is 7.17. The van der Waals surface area contributed by atoms with Crippen molar-refractivity contribution in [1.29, 1.82) is 0 Å². The Hall–Kier alpha value is -1.94. The van der Waals surface area contributed by atoms with Gasteiger partial charge >= 0.3 is 6.18 Å². The van der Waals surface area contributed by atoms with E-state index in [1.807, 2.05) is 22.6 Å². The average Bonchev–Trinajstić information content (AvgIpc) is 2.94. The number of aliphatic hydroxyl groups is 1. The molecule has 26 heavy (non-hydrogen) atoms. The van der Waals surface area contributed by atoms with Gasteiger partial charge in [-0.1, -0.05) is 42.0 Å². The number of halogens is 4. The van der Waals surface area contributed by atoms with E-state index in [-0.39, 0.29) is 16.3 Å². The van der Waals surface area contributed by atoms with Crippen molar-refractivity contribution in [3.05, 3.63) is 68.8 Å². The molecule has 1 atom stereocenters. The summed E-state index contributed by atoms with van der Waals surface area (Å²) in [6, 6.07) is 13.0. The fraction of sp³-hybridized carbons (Fsp3) is 0.222. The van der Waals surface area contributed by atoms with Crippen molar-refractivity contribution in [2.75, 3.05) is 0 Å². The highest BCUT2D eigenvalue weighted by molar-refractivity contribution is 14.1. The molecule has 1 amide bonds. The van der Waals surface area contributed by atoms with Gasteiger partial charge in [-0.3, -0.25) is 4.79 Å². The normalized spacial score (nSPS) is 20.2. The minimum Gasteiger partial charge on any atom is -0.362 e. The van der Waals surface area contributed by atoms with Gasteiger partial charge in [0.05, 0.1) is 17.7 Å². The molecule has 1 unspecified atom stereocenters. The first-order valence-corrected chi connectivity index (χ1v) is 8.74. The Kier molecular flexibility index (Phi) is 4.82. The van der Waals surface area contributed by atoms with Gasteiger partial charge in [0.15, 0.2) is 0 Å². The molecular weight excluding hydrogens is 460 g/mol. The summed E-state index contributed by atoms with van der Waals surface area (Å²) in [5.41, 5.74) is -2.06. The van der Waals surface area contributed by atoms with Crippen molar-refractivity contribution in [3.63, 3.8) is 0 Å². The number of hydrazone groups is 1. The van der Waals surface area contributed by atoms with Crippen LogP contribution in [0.15, 0.2) is 53.6 Å². The fourth-order valence-electron chi connectivity index (χ4n) is 2.71. The van der Waals surface area contributed by atoms with Crippen LogP contribution in [0, 0.1) is 10.5 Å². The third kappa shape index (κ3) is 3.23. The van der Waals surface area contributed by atoms with E-state index in [1.54, 1.807) is 49.4 Å². The molecule has 2 aromatic carbocycles. The largest absolute Gasteiger partial charge is 0.438 e. The zero-order valence-corrected chi connectivity index (χ0v) is 15.7. The Morgan fingerprint density at radius 1 is 1.23 bits per heavy atom. The van der Waals surface area contributed by atoms with E-state index >= 15 is 0 Å². The Morgan fingerprint density at radius 2 is 1.92 bits per heavy atom. The molecule has 1 aliphatic heterocycles. The van der Waals surface area contributed by atoms with Gasteiger partial charge in [-0.2, -0.15) is 23.3 Å². The van der Waals surface area contributed by atoms with Crippen molar-refractivity contribution in [3.8, 4) is 0 Å². The van der Waals surface area contributed by atoms with Crippen molar-refractivity contribution in [2.24, 2.45) is 5.10 Å². The summed E-state index contributed by atoms with van der Waals surface area (Å²) in [6.07, 6.45) is -5.88. The fourth-order valence-corrected chi connectivity index (χ4v) is 3.33. The lowest BCUT2D eigenvalue weighted by molar-refractivity contribution is -0.297. The highest BCUT2D eigenvalue weighted by Crippen LogP contribution is 2.42. The molecule has 4 nitrogen and oxygen atoms in total. The summed E-state index contributed by atoms with van der Waals surface area (Å²) in [5.74, 6) is -1.00. The van der Waals surface area contributed by atoms with Crippen LogP contribution < -0.4 is 0 Å². The molecule has 2 aromatic rings. The summed E-state index contributed by atoms with van der Waals surface area (Å²) >= 11 is 1.86. The number of aryl methyl sites for hydroxylation is 1. The van der Waals surface area contributed by atoms with Crippen LogP contribution in [-0.2, 0) is 0 Å². The zero-order chi connectivity index (χ0) is 19.1. The third-order valence-corrected chi connectivity index (χ3v) is 5.03. The first-order valence-electron chi connectivity index (χ1n) is 7.66. The molecule has 0 radical (unpaired) electrons. The number of benzene rings is 2. The van der Waals surface area contributed by atoms with E-state index in [2.05, 4.69) is 5.10 Å². The van der Waals surface area contributed by atoms with Crippen LogP contribution in [0.3, 0.4) is 0 Å². The number of rotatable bonds is 2. The highest BCUT2D eigenvalue weighted by Gasteiger charge is 2.63. The lowest BCUT2D eigenvalue weighted by Gasteiger charge is -2.32. The first kappa shape index (κ1) is 18.8. The molecule has 1 aliphatic rings. The van der Waals surface area contributed by atoms with Gasteiger partial charge in [-0.15, -0.1) is 0 Å². The predicted molar refractivity (Wildman–Crippen MR) is 98.7 cm³/mol. The van der Waals surface area contributed by atoms with E-state index in [1.165, 1.54) is 6.07 Å². The number of hydrogen-bond donors (Lipinski definition) is 1. The molecule has 1 N–H and O–H groups in total. The lowest BCUT2D eigenvalue weighted by Crippen LogP contribution is -2.56. The molecular formula is C18H14F3IN2O2. The summed E-state index contributed by atoms with van der Waals surface area (Å²) in [7, 11) is 0. The molecule has 1 heterocycles. The number of nitrogens with zero attached hydrogens (tertiary/aromatic N) is 2. The average molecular weight is 474 g/mol. The SMILES string of the molecule is Cc1cccc(C2=NN(C(=O)c3ccccc3I)C(O)(C(F)(F)F)C2)c1. The second kappa shape index (κ2) is 6.66. The number of carbonyl (C=O) groups excluding carboxylic acids is 1. The standard InChI is InChI=1S/C18H14F3IN2O2/c1-11-5-4-6-12(9-11)15-10-17(26,18(19,20)21)24(23-15)16(25)13-7-2-3-8-14(13)22/h2-9,26H,10H2,1H3.